The van der Waals surface area contributed by atoms with Crippen LogP contribution in [-0.4, -0.2) is 19.1 Å². The van der Waals surface area contributed by atoms with Crippen LogP contribution < -0.4 is 10.6 Å². The maximum Gasteiger partial charge on any atom is 0.101 e. The molecular weight excluding hydrogens is 258 g/mol. The van der Waals surface area contributed by atoms with Crippen LogP contribution in [0.5, 0.6) is 0 Å². The van der Waals surface area contributed by atoms with Crippen molar-refractivity contribution in [2.24, 2.45) is 17.6 Å². The summed E-state index contributed by atoms with van der Waals surface area (Å²) < 4.78 is 0. The molecule has 3 atom stereocenters. The standard InChI is InChI=1S/C15H18ClN3/c16-14-6-12(5-4-10(14)7-17)19-8-11-2-1-3-15(18)13(11)9-19/h4-6,11,13,15H,1-3,8-9,18H2. The lowest BCUT2D eigenvalue weighted by atomic mass is 9.78. The second-order valence-corrected chi connectivity index (χ2v) is 6.11. The van der Waals surface area contributed by atoms with Gasteiger partial charge in [0.05, 0.1) is 10.6 Å². The zero-order valence-electron chi connectivity index (χ0n) is 10.8. The Morgan fingerprint density at radius 3 is 2.84 bits per heavy atom. The fourth-order valence-corrected chi connectivity index (χ4v) is 3.74. The summed E-state index contributed by atoms with van der Waals surface area (Å²) in [7, 11) is 0. The number of nitrogens with zero attached hydrogens (tertiary/aromatic N) is 2. The second-order valence-electron chi connectivity index (χ2n) is 5.70. The van der Waals surface area contributed by atoms with Crippen molar-refractivity contribution in [1.82, 2.24) is 0 Å². The van der Waals surface area contributed by atoms with E-state index >= 15 is 0 Å². The van der Waals surface area contributed by atoms with Crippen molar-refractivity contribution in [3.63, 3.8) is 0 Å². The number of rotatable bonds is 1. The van der Waals surface area contributed by atoms with Crippen molar-refractivity contribution in [1.29, 1.82) is 5.26 Å². The molecule has 1 aliphatic carbocycles. The Bertz CT molecular complexity index is 523. The quantitative estimate of drug-likeness (QED) is 0.857. The summed E-state index contributed by atoms with van der Waals surface area (Å²) in [6, 6.07) is 8.15. The summed E-state index contributed by atoms with van der Waals surface area (Å²) in [4.78, 5) is 2.37. The predicted octanol–water partition coefficient (Wildman–Crippen LogP) is 2.78. The Balaban J connectivity index is 1.81. The molecular formula is C15H18ClN3. The number of benzene rings is 1. The number of fused-ring (bicyclic) bond motifs is 1. The molecule has 19 heavy (non-hydrogen) atoms. The van der Waals surface area contributed by atoms with Crippen LogP contribution in [0.15, 0.2) is 18.2 Å². The molecule has 0 spiro atoms. The van der Waals surface area contributed by atoms with E-state index in [1.807, 2.05) is 12.1 Å². The molecule has 1 aromatic carbocycles. The highest BCUT2D eigenvalue weighted by Crippen LogP contribution is 2.38. The van der Waals surface area contributed by atoms with Gasteiger partial charge in [0.1, 0.15) is 6.07 Å². The van der Waals surface area contributed by atoms with Gasteiger partial charge in [0.15, 0.2) is 0 Å². The van der Waals surface area contributed by atoms with Crippen LogP contribution in [0.3, 0.4) is 0 Å². The van der Waals surface area contributed by atoms with Crippen LogP contribution >= 0.6 is 11.6 Å². The molecule has 0 aromatic heterocycles. The molecule has 0 amide bonds. The van der Waals surface area contributed by atoms with Gasteiger partial charge in [0.2, 0.25) is 0 Å². The SMILES string of the molecule is N#Cc1ccc(N2CC3CCCC(N)C3C2)cc1Cl. The fraction of sp³-hybridized carbons (Fsp3) is 0.533. The highest BCUT2D eigenvalue weighted by molar-refractivity contribution is 6.32. The summed E-state index contributed by atoms with van der Waals surface area (Å²) in [5.41, 5.74) is 7.90. The van der Waals surface area contributed by atoms with Crippen molar-refractivity contribution >= 4 is 17.3 Å². The molecule has 2 fully saturated rings. The maximum absolute atomic E-state index is 8.91. The Kier molecular flexibility index (Phi) is 3.38. The fourth-order valence-electron chi connectivity index (χ4n) is 3.52. The number of hydrogen-bond acceptors (Lipinski definition) is 3. The van der Waals surface area contributed by atoms with Crippen LogP contribution in [0.4, 0.5) is 5.69 Å². The molecule has 1 aliphatic heterocycles. The van der Waals surface area contributed by atoms with Crippen LogP contribution in [0.25, 0.3) is 0 Å². The van der Waals surface area contributed by atoms with E-state index in [0.717, 1.165) is 31.1 Å². The zero-order valence-corrected chi connectivity index (χ0v) is 11.6. The number of nitrogens with two attached hydrogens (primary N) is 1. The van der Waals surface area contributed by atoms with Crippen molar-refractivity contribution in [3.05, 3.63) is 28.8 Å². The molecule has 3 nitrogen and oxygen atoms in total. The molecule has 100 valence electrons. The number of halogens is 1. The first-order chi connectivity index (χ1) is 9.19. The summed E-state index contributed by atoms with van der Waals surface area (Å²) in [5.74, 6) is 1.33. The highest BCUT2D eigenvalue weighted by atomic mass is 35.5. The van der Waals surface area contributed by atoms with E-state index in [4.69, 9.17) is 22.6 Å². The molecule has 0 radical (unpaired) electrons. The van der Waals surface area contributed by atoms with Crippen molar-refractivity contribution < 1.29 is 0 Å². The molecule has 4 heteroatoms. The van der Waals surface area contributed by atoms with Gasteiger partial charge in [0.25, 0.3) is 0 Å². The summed E-state index contributed by atoms with van der Waals surface area (Å²) in [5, 5.41) is 9.45. The molecule has 2 aliphatic rings. The first kappa shape index (κ1) is 12.8. The van der Waals surface area contributed by atoms with Gasteiger partial charge < -0.3 is 10.6 Å². The van der Waals surface area contributed by atoms with E-state index in [1.54, 1.807) is 6.07 Å². The van der Waals surface area contributed by atoms with Gasteiger partial charge in [0, 0.05) is 24.8 Å². The van der Waals surface area contributed by atoms with Crippen LogP contribution in [-0.2, 0) is 0 Å². The average molecular weight is 276 g/mol. The minimum Gasteiger partial charge on any atom is -0.371 e. The maximum atomic E-state index is 8.91. The number of nitriles is 1. The van der Waals surface area contributed by atoms with Gasteiger partial charge in [-0.05, 0) is 42.9 Å². The first-order valence-electron chi connectivity index (χ1n) is 6.89. The summed E-state index contributed by atoms with van der Waals surface area (Å²) in [6.45, 7) is 2.09. The lowest BCUT2D eigenvalue weighted by molar-refractivity contribution is 0.260. The topological polar surface area (TPSA) is 53.0 Å². The van der Waals surface area contributed by atoms with Gasteiger partial charge in [-0.2, -0.15) is 5.26 Å². The Labute approximate surface area is 118 Å². The lowest BCUT2D eigenvalue weighted by Gasteiger charge is -2.29. The Morgan fingerprint density at radius 1 is 1.32 bits per heavy atom. The van der Waals surface area contributed by atoms with E-state index in [9.17, 15) is 0 Å². The second kappa shape index (κ2) is 5.03. The van der Waals surface area contributed by atoms with Gasteiger partial charge in [-0.1, -0.05) is 18.0 Å². The molecule has 0 bridgehead atoms. The molecule has 2 N–H and O–H groups in total. The van der Waals surface area contributed by atoms with Crippen molar-refractivity contribution in [2.45, 2.75) is 25.3 Å². The number of hydrogen-bond donors (Lipinski definition) is 1. The van der Waals surface area contributed by atoms with E-state index < -0.39 is 0 Å². The van der Waals surface area contributed by atoms with Gasteiger partial charge in [-0.3, -0.25) is 0 Å². The van der Waals surface area contributed by atoms with Crippen LogP contribution in [0, 0.1) is 23.2 Å². The third-order valence-corrected chi connectivity index (χ3v) is 4.90. The van der Waals surface area contributed by atoms with E-state index in [0.29, 0.717) is 22.5 Å². The van der Waals surface area contributed by atoms with Gasteiger partial charge in [-0.15, -0.1) is 0 Å². The van der Waals surface area contributed by atoms with Gasteiger partial charge in [-0.25, -0.2) is 0 Å². The lowest BCUT2D eigenvalue weighted by Crippen LogP contribution is -2.38. The zero-order chi connectivity index (χ0) is 13.4. The van der Waals surface area contributed by atoms with Crippen LogP contribution in [0.1, 0.15) is 24.8 Å². The molecule has 3 rings (SSSR count). The first-order valence-corrected chi connectivity index (χ1v) is 7.27. The van der Waals surface area contributed by atoms with Crippen molar-refractivity contribution in [3.8, 4) is 6.07 Å². The Hall–Kier alpha value is -1.24. The van der Waals surface area contributed by atoms with E-state index in [2.05, 4.69) is 11.0 Å². The van der Waals surface area contributed by atoms with Crippen molar-refractivity contribution in [2.75, 3.05) is 18.0 Å². The smallest absolute Gasteiger partial charge is 0.101 e. The summed E-state index contributed by atoms with van der Waals surface area (Å²) >= 11 is 6.12. The average Bonchev–Trinajstić information content (AvgIpc) is 2.84. The van der Waals surface area contributed by atoms with Gasteiger partial charge >= 0.3 is 0 Å². The molecule has 3 unspecified atom stereocenters. The third kappa shape index (κ3) is 2.31. The molecule has 1 saturated heterocycles. The summed E-state index contributed by atoms with van der Waals surface area (Å²) in [6.07, 6.45) is 3.70. The van der Waals surface area contributed by atoms with E-state index in [1.165, 1.54) is 12.8 Å². The molecule has 1 saturated carbocycles. The monoisotopic (exact) mass is 275 g/mol. The van der Waals surface area contributed by atoms with E-state index in [-0.39, 0.29) is 0 Å². The van der Waals surface area contributed by atoms with Crippen LogP contribution in [0.2, 0.25) is 5.02 Å². The number of anilines is 1. The normalized spacial score (nSPS) is 29.9. The largest absolute Gasteiger partial charge is 0.371 e. The molecule has 1 aromatic rings. The Morgan fingerprint density at radius 2 is 2.16 bits per heavy atom. The molecule has 1 heterocycles. The minimum absolute atomic E-state index is 0.345. The predicted molar refractivity (Wildman–Crippen MR) is 77.2 cm³/mol. The highest BCUT2D eigenvalue weighted by Gasteiger charge is 2.38. The third-order valence-electron chi connectivity index (χ3n) is 4.59. The minimum atomic E-state index is 0.345.